The molecule has 0 spiro atoms. The molecule has 0 fully saturated rings. The van der Waals surface area contributed by atoms with Gasteiger partial charge in [-0.25, -0.2) is 4.57 Å². The van der Waals surface area contributed by atoms with Gasteiger partial charge in [-0.1, -0.05) is 67.0 Å². The van der Waals surface area contributed by atoms with E-state index in [1.165, 1.54) is 0 Å². The van der Waals surface area contributed by atoms with E-state index in [0.717, 1.165) is 16.7 Å². The van der Waals surface area contributed by atoms with Gasteiger partial charge in [-0.3, -0.25) is 0 Å². The Kier molecular flexibility index (Phi) is 3.45. The van der Waals surface area contributed by atoms with Crippen LogP contribution in [0.2, 0.25) is 0 Å². The van der Waals surface area contributed by atoms with Crippen molar-refractivity contribution < 1.29 is 23.2 Å². The van der Waals surface area contributed by atoms with Crippen LogP contribution in [0, 0.1) is 0 Å². The van der Waals surface area contributed by atoms with E-state index in [0.29, 0.717) is 17.2 Å². The monoisotopic (exact) mass is 354 g/mol. The van der Waals surface area contributed by atoms with Crippen LogP contribution in [0.4, 0.5) is 0 Å². The van der Waals surface area contributed by atoms with Gasteiger partial charge in [0.1, 0.15) is 11.5 Å². The maximum absolute atomic E-state index is 12.9. The van der Waals surface area contributed by atoms with Crippen LogP contribution in [0.15, 0.2) is 0 Å². The highest BCUT2D eigenvalue weighted by atomic mass is 31.2. The minimum absolute atomic E-state index is 0.251. The van der Waals surface area contributed by atoms with Crippen molar-refractivity contribution in [3.05, 3.63) is 16.7 Å². The van der Waals surface area contributed by atoms with Gasteiger partial charge >= 0.3 is 7.82 Å². The third kappa shape index (κ3) is 2.53. The van der Waals surface area contributed by atoms with Gasteiger partial charge in [0.2, 0.25) is 0 Å². The molecule has 0 atom stereocenters. The zero-order chi connectivity index (χ0) is 18.3. The topological polar surface area (TPSA) is 54.0 Å². The van der Waals surface area contributed by atoms with Crippen LogP contribution >= 0.6 is 7.82 Å². The predicted octanol–water partition coefficient (Wildman–Crippen LogP) is 5.78. The summed E-state index contributed by atoms with van der Waals surface area (Å²) in [5, 5.41) is 0. The van der Waals surface area contributed by atoms with Crippen molar-refractivity contribution in [1.82, 2.24) is 0 Å². The van der Waals surface area contributed by atoms with Gasteiger partial charge in [-0.15, -0.1) is 0 Å². The minimum atomic E-state index is -3.82. The van der Waals surface area contributed by atoms with E-state index < -0.39 is 7.82 Å². The summed E-state index contributed by atoms with van der Waals surface area (Å²) in [6, 6.07) is 0. The molecule has 5 nitrogen and oxygen atoms in total. The molecular weight excluding hydrogens is 327 g/mol. The summed E-state index contributed by atoms with van der Waals surface area (Å²) in [4.78, 5) is 5.54. The fraction of sp³-hybridized carbons (Fsp3) is 0.667. The normalized spacial score (nSPS) is 18.7. The van der Waals surface area contributed by atoms with Gasteiger partial charge < -0.3 is 13.9 Å². The Labute approximate surface area is 144 Å². The average Bonchev–Trinajstić information content (AvgIpc) is 2.47. The number of fused-ring (bicyclic) bond motifs is 1. The van der Waals surface area contributed by atoms with Gasteiger partial charge in [-0.05, 0) is 16.2 Å². The second kappa shape index (κ2) is 4.70. The Hall–Kier alpha value is -1.19. The van der Waals surface area contributed by atoms with Crippen LogP contribution in [0.1, 0.15) is 79.0 Å². The molecule has 6 heteroatoms. The highest BCUT2D eigenvalue weighted by Crippen LogP contribution is 2.68. The van der Waals surface area contributed by atoms with E-state index in [-0.39, 0.29) is 16.2 Å². The molecule has 0 amide bonds. The van der Waals surface area contributed by atoms with E-state index in [9.17, 15) is 4.57 Å². The largest absolute Gasteiger partial charge is 0.625 e. The molecule has 134 valence electrons. The molecule has 3 heterocycles. The lowest BCUT2D eigenvalue weighted by Gasteiger charge is -2.37. The number of hydrogen-bond acceptors (Lipinski definition) is 5. The van der Waals surface area contributed by atoms with Gasteiger partial charge in [0.15, 0.2) is 5.75 Å². The van der Waals surface area contributed by atoms with E-state index >= 15 is 0 Å². The van der Waals surface area contributed by atoms with Crippen LogP contribution in [0.25, 0.3) is 0 Å². The third-order valence-corrected chi connectivity index (χ3v) is 5.30. The van der Waals surface area contributed by atoms with Crippen molar-refractivity contribution in [3.63, 3.8) is 0 Å². The Morgan fingerprint density at radius 3 is 1.29 bits per heavy atom. The molecule has 3 aliphatic heterocycles. The lowest BCUT2D eigenvalue weighted by Crippen LogP contribution is -2.26. The summed E-state index contributed by atoms with van der Waals surface area (Å²) in [5.74, 6) is 1.74. The molecule has 0 saturated carbocycles. The number of phosphoric acid groups is 1. The summed E-state index contributed by atoms with van der Waals surface area (Å²) in [6.07, 6.45) is 0. The first-order valence-electron chi connectivity index (χ1n) is 8.26. The van der Waals surface area contributed by atoms with E-state index in [1.807, 2.05) is 0 Å². The summed E-state index contributed by atoms with van der Waals surface area (Å²) >= 11 is 0. The van der Waals surface area contributed by atoms with E-state index in [2.05, 4.69) is 62.3 Å². The molecule has 0 aromatic heterocycles. The molecule has 0 saturated heterocycles. The highest BCUT2D eigenvalue weighted by Gasteiger charge is 2.52. The third-order valence-electron chi connectivity index (χ3n) is 4.23. The molecule has 0 N–H and O–H groups in total. The second-order valence-electron chi connectivity index (χ2n) is 9.65. The summed E-state index contributed by atoms with van der Waals surface area (Å²) in [7, 11) is -3.82. The second-order valence-corrected chi connectivity index (χ2v) is 11.1. The fourth-order valence-corrected chi connectivity index (χ4v) is 4.43. The van der Waals surface area contributed by atoms with Gasteiger partial charge in [-0.2, -0.15) is 0 Å². The standard InChI is InChI=1S/C18H27O5P/c1-16(2,3)10-13-11(17(4,5)6)15-12(18(7,8)9)14(10)21-24(19,22-15)23-20-13/h1-9H3. The van der Waals surface area contributed by atoms with Crippen molar-refractivity contribution >= 4 is 7.82 Å². The zero-order valence-electron chi connectivity index (χ0n) is 16.0. The molecular formula is C18H27O5P. The Bertz CT molecular complexity index is 711. The predicted molar refractivity (Wildman–Crippen MR) is 93.1 cm³/mol. The van der Waals surface area contributed by atoms with Gasteiger partial charge in [0.25, 0.3) is 0 Å². The van der Waals surface area contributed by atoms with Crippen molar-refractivity contribution in [2.45, 2.75) is 78.6 Å². The van der Waals surface area contributed by atoms with Crippen LogP contribution in [0.3, 0.4) is 0 Å². The summed E-state index contributed by atoms with van der Waals surface area (Å²) < 4.78 is 29.5. The molecule has 4 bridgehead atoms. The number of rotatable bonds is 0. The fourth-order valence-electron chi connectivity index (χ4n) is 3.35. The molecule has 4 rings (SSSR count). The molecule has 0 radical (unpaired) electrons. The maximum Gasteiger partial charge on any atom is 0.625 e. The molecule has 24 heavy (non-hydrogen) atoms. The zero-order valence-corrected chi connectivity index (χ0v) is 16.9. The van der Waals surface area contributed by atoms with E-state index in [1.54, 1.807) is 0 Å². The maximum atomic E-state index is 12.9. The van der Waals surface area contributed by atoms with Crippen molar-refractivity contribution in [2.75, 3.05) is 0 Å². The molecule has 3 aliphatic rings. The number of hydrogen-bond donors (Lipinski definition) is 0. The first-order chi connectivity index (χ1) is 10.7. The first kappa shape index (κ1) is 17.6. The first-order valence-corrected chi connectivity index (χ1v) is 9.72. The Balaban J connectivity index is 2.55. The molecule has 1 aromatic rings. The smallest absolute Gasteiger partial charge is 0.392 e. The molecule has 0 unspecified atom stereocenters. The van der Waals surface area contributed by atoms with E-state index in [4.69, 9.17) is 18.6 Å². The lowest BCUT2D eigenvalue weighted by atomic mass is 9.73. The lowest BCUT2D eigenvalue weighted by molar-refractivity contribution is -0.115. The van der Waals surface area contributed by atoms with Crippen molar-refractivity contribution in [1.29, 1.82) is 0 Å². The van der Waals surface area contributed by atoms with Crippen LogP contribution < -0.4 is 13.9 Å². The molecule has 1 aromatic carbocycles. The Morgan fingerprint density at radius 2 is 0.958 bits per heavy atom. The molecule has 0 aliphatic carbocycles. The van der Waals surface area contributed by atoms with Gasteiger partial charge in [0, 0.05) is 16.7 Å². The number of phosphoric ester groups is 1. The Morgan fingerprint density at radius 1 is 0.625 bits per heavy atom. The minimum Gasteiger partial charge on any atom is -0.392 e. The van der Waals surface area contributed by atoms with Crippen LogP contribution in [-0.4, -0.2) is 0 Å². The summed E-state index contributed by atoms with van der Waals surface area (Å²) in [5.41, 5.74) is 1.86. The quantitative estimate of drug-likeness (QED) is 0.436. The van der Waals surface area contributed by atoms with Crippen molar-refractivity contribution in [2.24, 2.45) is 0 Å². The summed E-state index contributed by atoms with van der Waals surface area (Å²) in [6.45, 7) is 18.8. The average molecular weight is 354 g/mol. The highest BCUT2D eigenvalue weighted by molar-refractivity contribution is 7.49. The van der Waals surface area contributed by atoms with Gasteiger partial charge in [0.05, 0.1) is 0 Å². The SMILES string of the molecule is CC(C)(C)c1c2c(C(C)(C)C)c3c(C(C)(C)C)c1OP(=O)(OO2)O3. The van der Waals surface area contributed by atoms with Crippen LogP contribution in [-0.2, 0) is 25.5 Å². The number of benzene rings is 1. The van der Waals surface area contributed by atoms with Crippen LogP contribution in [0.5, 0.6) is 17.2 Å². The van der Waals surface area contributed by atoms with Crippen molar-refractivity contribution in [3.8, 4) is 17.2 Å².